The molecule has 0 saturated heterocycles. The van der Waals surface area contributed by atoms with Crippen LogP contribution >= 0.6 is 0 Å². The highest BCUT2D eigenvalue weighted by atomic mass is 16.4. The Labute approximate surface area is 116 Å². The van der Waals surface area contributed by atoms with Crippen molar-refractivity contribution < 1.29 is 29.7 Å². The first-order valence-corrected chi connectivity index (χ1v) is 6.53. The maximum atomic E-state index is 10.9. The van der Waals surface area contributed by atoms with Crippen LogP contribution in [0.1, 0.15) is 25.7 Å². The third kappa shape index (κ3) is 5.54. The average Bonchev–Trinajstić information content (AvgIpc) is 2.34. The van der Waals surface area contributed by atoms with Crippen molar-refractivity contribution in [1.82, 2.24) is 10.2 Å². The summed E-state index contributed by atoms with van der Waals surface area (Å²) in [6.07, 6.45) is 3.18. The fourth-order valence-corrected chi connectivity index (χ4v) is 2.64. The molecule has 114 valence electrons. The van der Waals surface area contributed by atoms with Crippen LogP contribution in [0.25, 0.3) is 0 Å². The van der Waals surface area contributed by atoms with E-state index in [9.17, 15) is 14.4 Å². The van der Waals surface area contributed by atoms with Gasteiger partial charge in [0.05, 0.1) is 19.6 Å². The molecule has 1 aliphatic rings. The normalized spacial score (nSPS) is 22.6. The summed E-state index contributed by atoms with van der Waals surface area (Å²) in [5.74, 6) is -3.17. The van der Waals surface area contributed by atoms with Gasteiger partial charge in [-0.15, -0.1) is 0 Å². The molecule has 0 unspecified atom stereocenters. The first-order valence-electron chi connectivity index (χ1n) is 6.53. The van der Waals surface area contributed by atoms with Crippen LogP contribution in [0.2, 0.25) is 0 Å². The summed E-state index contributed by atoms with van der Waals surface area (Å²) in [5.41, 5.74) is 0. The summed E-state index contributed by atoms with van der Waals surface area (Å²) in [5, 5.41) is 29.3. The molecule has 0 aromatic rings. The first kappa shape index (κ1) is 16.4. The van der Waals surface area contributed by atoms with Gasteiger partial charge in [0.1, 0.15) is 0 Å². The lowest BCUT2D eigenvalue weighted by Gasteiger charge is -2.38. The van der Waals surface area contributed by atoms with Crippen LogP contribution in [0, 0.1) is 0 Å². The van der Waals surface area contributed by atoms with Crippen molar-refractivity contribution in [2.75, 3.05) is 19.6 Å². The molecular weight excluding hydrogens is 268 g/mol. The number of rotatable bonds is 8. The zero-order valence-corrected chi connectivity index (χ0v) is 11.1. The van der Waals surface area contributed by atoms with E-state index < -0.39 is 17.9 Å². The van der Waals surface area contributed by atoms with E-state index in [0.717, 1.165) is 12.8 Å². The highest BCUT2D eigenvalue weighted by Gasteiger charge is 2.32. The lowest BCUT2D eigenvalue weighted by molar-refractivity contribution is -0.144. The van der Waals surface area contributed by atoms with Crippen LogP contribution in [-0.2, 0) is 14.4 Å². The summed E-state index contributed by atoms with van der Waals surface area (Å²) in [7, 11) is 0. The minimum Gasteiger partial charge on any atom is -0.480 e. The Bertz CT molecular complexity index is 357. The third-order valence-electron chi connectivity index (χ3n) is 3.39. The van der Waals surface area contributed by atoms with Crippen molar-refractivity contribution in [1.29, 1.82) is 0 Å². The molecule has 8 heteroatoms. The van der Waals surface area contributed by atoms with Gasteiger partial charge in [-0.25, -0.2) is 0 Å². The summed E-state index contributed by atoms with van der Waals surface area (Å²) in [6.45, 7) is -0.931. The average molecular weight is 288 g/mol. The highest BCUT2D eigenvalue weighted by Crippen LogP contribution is 2.23. The highest BCUT2D eigenvalue weighted by molar-refractivity contribution is 5.72. The standard InChI is InChI=1S/C12H20N2O6/c15-10(16)5-13-8-3-1-2-4-9(8)14(6-11(17)18)7-12(19)20/h8-9,13H,1-7H2,(H,15,16)(H,17,18)(H,19,20)/t8-,9-/m1/s1. The molecule has 2 atom stereocenters. The Morgan fingerprint density at radius 1 is 0.950 bits per heavy atom. The zero-order valence-electron chi connectivity index (χ0n) is 11.1. The van der Waals surface area contributed by atoms with Gasteiger partial charge >= 0.3 is 17.9 Å². The Hall–Kier alpha value is -1.67. The smallest absolute Gasteiger partial charge is 0.317 e. The van der Waals surface area contributed by atoms with Crippen molar-refractivity contribution in [2.45, 2.75) is 37.8 Å². The van der Waals surface area contributed by atoms with E-state index in [1.807, 2.05) is 0 Å². The number of carboxylic acids is 3. The maximum absolute atomic E-state index is 10.9. The number of hydrogen-bond acceptors (Lipinski definition) is 5. The van der Waals surface area contributed by atoms with E-state index in [4.69, 9.17) is 15.3 Å². The van der Waals surface area contributed by atoms with Gasteiger partial charge in [0, 0.05) is 12.1 Å². The van der Waals surface area contributed by atoms with E-state index in [-0.39, 0.29) is 31.7 Å². The van der Waals surface area contributed by atoms with Crippen LogP contribution in [0.4, 0.5) is 0 Å². The second-order valence-electron chi connectivity index (χ2n) is 4.93. The van der Waals surface area contributed by atoms with Gasteiger partial charge in [-0.1, -0.05) is 12.8 Å². The molecule has 0 aliphatic heterocycles. The van der Waals surface area contributed by atoms with E-state index in [0.29, 0.717) is 12.8 Å². The molecule has 8 nitrogen and oxygen atoms in total. The monoisotopic (exact) mass is 288 g/mol. The minimum absolute atomic E-state index is 0.196. The lowest BCUT2D eigenvalue weighted by atomic mass is 9.89. The summed E-state index contributed by atoms with van der Waals surface area (Å²) in [4.78, 5) is 33.7. The number of carboxylic acid groups (broad SMARTS) is 3. The third-order valence-corrected chi connectivity index (χ3v) is 3.39. The largest absolute Gasteiger partial charge is 0.480 e. The molecule has 0 bridgehead atoms. The topological polar surface area (TPSA) is 127 Å². The predicted octanol–water partition coefficient (Wildman–Crippen LogP) is -0.557. The van der Waals surface area contributed by atoms with Crippen LogP contribution < -0.4 is 5.32 Å². The van der Waals surface area contributed by atoms with E-state index >= 15 is 0 Å². The number of aliphatic carboxylic acids is 3. The maximum Gasteiger partial charge on any atom is 0.317 e. The molecule has 0 aromatic carbocycles. The molecule has 1 saturated carbocycles. The van der Waals surface area contributed by atoms with Crippen LogP contribution in [-0.4, -0.2) is 69.8 Å². The molecule has 0 radical (unpaired) electrons. The summed E-state index contributed by atoms with van der Waals surface area (Å²) in [6, 6.07) is -0.464. The van der Waals surface area contributed by atoms with Gasteiger partial charge in [0.2, 0.25) is 0 Å². The van der Waals surface area contributed by atoms with E-state index in [1.165, 1.54) is 4.90 Å². The molecule has 0 spiro atoms. The second kappa shape index (κ2) is 7.81. The second-order valence-corrected chi connectivity index (χ2v) is 4.93. The lowest BCUT2D eigenvalue weighted by Crippen LogP contribution is -2.55. The number of nitrogens with zero attached hydrogens (tertiary/aromatic N) is 1. The first-order chi connectivity index (χ1) is 9.40. The Morgan fingerprint density at radius 3 is 2.00 bits per heavy atom. The van der Waals surface area contributed by atoms with Gasteiger partial charge in [0.25, 0.3) is 0 Å². The molecule has 1 fully saturated rings. The SMILES string of the molecule is O=C(O)CN[C@@H]1CCCC[C@H]1N(CC(=O)O)CC(=O)O. The van der Waals surface area contributed by atoms with Crippen molar-refractivity contribution in [2.24, 2.45) is 0 Å². The van der Waals surface area contributed by atoms with Crippen molar-refractivity contribution >= 4 is 17.9 Å². The molecule has 0 aromatic heterocycles. The summed E-state index contributed by atoms with van der Waals surface area (Å²) >= 11 is 0. The number of hydrogen-bond donors (Lipinski definition) is 4. The predicted molar refractivity (Wildman–Crippen MR) is 68.5 cm³/mol. The van der Waals surface area contributed by atoms with Crippen LogP contribution in [0.3, 0.4) is 0 Å². The quantitative estimate of drug-likeness (QED) is 0.468. The molecular formula is C12H20N2O6. The Balaban J connectivity index is 2.73. The zero-order chi connectivity index (χ0) is 15.1. The minimum atomic E-state index is -1.09. The van der Waals surface area contributed by atoms with Gasteiger partial charge in [0.15, 0.2) is 0 Å². The van der Waals surface area contributed by atoms with Gasteiger partial charge in [-0.2, -0.15) is 0 Å². The van der Waals surface area contributed by atoms with Gasteiger partial charge in [-0.3, -0.25) is 19.3 Å². The van der Waals surface area contributed by atoms with Crippen molar-refractivity contribution in [3.63, 3.8) is 0 Å². The number of carbonyl (C=O) groups is 3. The van der Waals surface area contributed by atoms with Gasteiger partial charge in [-0.05, 0) is 12.8 Å². The molecule has 0 amide bonds. The summed E-state index contributed by atoms with van der Waals surface area (Å²) < 4.78 is 0. The fourth-order valence-electron chi connectivity index (χ4n) is 2.64. The molecule has 20 heavy (non-hydrogen) atoms. The Kier molecular flexibility index (Phi) is 6.40. The molecule has 1 aliphatic carbocycles. The van der Waals surface area contributed by atoms with Crippen LogP contribution in [0.15, 0.2) is 0 Å². The Morgan fingerprint density at radius 2 is 1.50 bits per heavy atom. The van der Waals surface area contributed by atoms with E-state index in [1.54, 1.807) is 0 Å². The van der Waals surface area contributed by atoms with E-state index in [2.05, 4.69) is 5.32 Å². The number of nitrogens with one attached hydrogen (secondary N) is 1. The molecule has 4 N–H and O–H groups in total. The molecule has 0 heterocycles. The van der Waals surface area contributed by atoms with Crippen molar-refractivity contribution in [3.8, 4) is 0 Å². The van der Waals surface area contributed by atoms with Gasteiger partial charge < -0.3 is 20.6 Å². The molecule has 1 rings (SSSR count). The fraction of sp³-hybridized carbons (Fsp3) is 0.750. The van der Waals surface area contributed by atoms with Crippen molar-refractivity contribution in [3.05, 3.63) is 0 Å². The van der Waals surface area contributed by atoms with Crippen LogP contribution in [0.5, 0.6) is 0 Å².